The molecule has 1 rings (SSSR count). The van der Waals surface area contributed by atoms with E-state index in [1.807, 2.05) is 6.92 Å². The first kappa shape index (κ1) is 8.07. The Hall–Kier alpha value is -1.03. The molecule has 0 aliphatic carbocycles. The van der Waals surface area contributed by atoms with E-state index in [9.17, 15) is 0 Å². The summed E-state index contributed by atoms with van der Waals surface area (Å²) in [5.74, 6) is 0.724. The van der Waals surface area contributed by atoms with Gasteiger partial charge in [0.05, 0.1) is 6.20 Å². The Kier molecular flexibility index (Phi) is 2.92. The summed E-state index contributed by atoms with van der Waals surface area (Å²) < 4.78 is 0. The molecular weight excluding hydrogens is 140 g/mol. The standard InChI is InChI=1S/C7H12N4/c1-2-6(8)5-7-9-3-4-10-11-7/h3-4,6H,2,5,8H2,1H3. The molecule has 60 valence electrons. The van der Waals surface area contributed by atoms with E-state index in [0.29, 0.717) is 6.42 Å². The lowest BCUT2D eigenvalue weighted by molar-refractivity contribution is 0.616. The molecule has 1 atom stereocenters. The van der Waals surface area contributed by atoms with E-state index < -0.39 is 0 Å². The first-order chi connectivity index (χ1) is 5.33. The van der Waals surface area contributed by atoms with Gasteiger partial charge in [-0.05, 0) is 6.42 Å². The molecule has 11 heavy (non-hydrogen) atoms. The van der Waals surface area contributed by atoms with E-state index in [1.54, 1.807) is 12.4 Å². The molecule has 0 aromatic carbocycles. The zero-order valence-electron chi connectivity index (χ0n) is 6.57. The molecule has 0 spiro atoms. The van der Waals surface area contributed by atoms with Crippen LogP contribution in [0.5, 0.6) is 0 Å². The lowest BCUT2D eigenvalue weighted by atomic mass is 10.2. The summed E-state index contributed by atoms with van der Waals surface area (Å²) in [6, 6.07) is 0.152. The van der Waals surface area contributed by atoms with Crippen molar-refractivity contribution < 1.29 is 0 Å². The molecule has 0 radical (unpaired) electrons. The largest absolute Gasteiger partial charge is 0.327 e. The van der Waals surface area contributed by atoms with Gasteiger partial charge in [-0.1, -0.05) is 6.92 Å². The molecule has 0 amide bonds. The molecule has 1 heterocycles. The Balaban J connectivity index is 2.51. The summed E-state index contributed by atoms with van der Waals surface area (Å²) in [7, 11) is 0. The molecule has 0 saturated carbocycles. The lowest BCUT2D eigenvalue weighted by Gasteiger charge is -2.04. The van der Waals surface area contributed by atoms with E-state index >= 15 is 0 Å². The number of hydrogen-bond donors (Lipinski definition) is 1. The van der Waals surface area contributed by atoms with Gasteiger partial charge in [-0.15, -0.1) is 5.10 Å². The predicted molar refractivity (Wildman–Crippen MR) is 41.8 cm³/mol. The van der Waals surface area contributed by atoms with Crippen LogP contribution >= 0.6 is 0 Å². The highest BCUT2D eigenvalue weighted by atomic mass is 15.1. The Bertz CT molecular complexity index is 199. The zero-order chi connectivity index (χ0) is 8.10. The molecule has 0 aliphatic rings. The first-order valence-corrected chi connectivity index (χ1v) is 3.71. The molecule has 1 unspecified atom stereocenters. The van der Waals surface area contributed by atoms with Crippen molar-refractivity contribution in [1.82, 2.24) is 15.2 Å². The van der Waals surface area contributed by atoms with Crippen LogP contribution in [0.25, 0.3) is 0 Å². The Morgan fingerprint density at radius 2 is 2.36 bits per heavy atom. The topological polar surface area (TPSA) is 64.7 Å². The number of aromatic nitrogens is 3. The van der Waals surface area contributed by atoms with Crippen molar-refractivity contribution in [3.05, 3.63) is 18.2 Å². The van der Waals surface area contributed by atoms with Gasteiger partial charge in [0.2, 0.25) is 0 Å². The summed E-state index contributed by atoms with van der Waals surface area (Å²) in [4.78, 5) is 4.01. The molecule has 2 N–H and O–H groups in total. The minimum Gasteiger partial charge on any atom is -0.327 e. The molecule has 1 aromatic heterocycles. The summed E-state index contributed by atoms with van der Waals surface area (Å²) >= 11 is 0. The van der Waals surface area contributed by atoms with Crippen LogP contribution in [0.4, 0.5) is 0 Å². The van der Waals surface area contributed by atoms with Crippen molar-refractivity contribution in [2.45, 2.75) is 25.8 Å². The van der Waals surface area contributed by atoms with Crippen molar-refractivity contribution in [2.75, 3.05) is 0 Å². The molecular formula is C7H12N4. The quantitative estimate of drug-likeness (QED) is 0.669. The van der Waals surface area contributed by atoms with E-state index in [1.165, 1.54) is 0 Å². The second-order valence-electron chi connectivity index (χ2n) is 2.43. The van der Waals surface area contributed by atoms with Crippen LogP contribution < -0.4 is 5.73 Å². The molecule has 1 aromatic rings. The fraction of sp³-hybridized carbons (Fsp3) is 0.571. The third-order valence-electron chi connectivity index (χ3n) is 1.50. The highest BCUT2D eigenvalue weighted by Gasteiger charge is 2.02. The number of hydrogen-bond acceptors (Lipinski definition) is 4. The SMILES string of the molecule is CCC(N)Cc1nccnn1. The van der Waals surface area contributed by atoms with Crippen LogP contribution in [-0.2, 0) is 6.42 Å². The molecule has 0 aliphatic heterocycles. The molecule has 0 saturated heterocycles. The van der Waals surface area contributed by atoms with Gasteiger partial charge >= 0.3 is 0 Å². The van der Waals surface area contributed by atoms with Gasteiger partial charge in [-0.25, -0.2) is 4.98 Å². The second kappa shape index (κ2) is 3.98. The van der Waals surface area contributed by atoms with Crippen molar-refractivity contribution in [1.29, 1.82) is 0 Å². The van der Waals surface area contributed by atoms with E-state index in [0.717, 1.165) is 12.2 Å². The maximum Gasteiger partial charge on any atom is 0.152 e. The van der Waals surface area contributed by atoms with Gasteiger partial charge in [-0.3, -0.25) is 0 Å². The Labute approximate surface area is 65.9 Å². The van der Waals surface area contributed by atoms with Crippen LogP contribution in [0.2, 0.25) is 0 Å². The van der Waals surface area contributed by atoms with Gasteiger partial charge in [0.25, 0.3) is 0 Å². The van der Waals surface area contributed by atoms with Crippen LogP contribution in [0.3, 0.4) is 0 Å². The van der Waals surface area contributed by atoms with Crippen LogP contribution in [-0.4, -0.2) is 21.2 Å². The van der Waals surface area contributed by atoms with Gasteiger partial charge in [0, 0.05) is 18.7 Å². The summed E-state index contributed by atoms with van der Waals surface area (Å²) in [6.07, 6.45) is 4.84. The average Bonchev–Trinajstić information content (AvgIpc) is 2.06. The third-order valence-corrected chi connectivity index (χ3v) is 1.50. The highest BCUT2D eigenvalue weighted by molar-refractivity contribution is 4.85. The number of nitrogens with two attached hydrogens (primary N) is 1. The van der Waals surface area contributed by atoms with Crippen LogP contribution in [0.1, 0.15) is 19.2 Å². The molecule has 0 bridgehead atoms. The van der Waals surface area contributed by atoms with Crippen LogP contribution in [0, 0.1) is 0 Å². The van der Waals surface area contributed by atoms with E-state index in [4.69, 9.17) is 5.73 Å². The van der Waals surface area contributed by atoms with Crippen molar-refractivity contribution in [3.63, 3.8) is 0 Å². The average molecular weight is 152 g/mol. The molecule has 4 heteroatoms. The number of rotatable bonds is 3. The van der Waals surface area contributed by atoms with E-state index in [-0.39, 0.29) is 6.04 Å². The normalized spacial score (nSPS) is 12.9. The fourth-order valence-corrected chi connectivity index (χ4v) is 0.747. The Morgan fingerprint density at radius 1 is 1.55 bits per heavy atom. The van der Waals surface area contributed by atoms with Gasteiger partial charge < -0.3 is 5.73 Å². The molecule has 4 nitrogen and oxygen atoms in total. The summed E-state index contributed by atoms with van der Waals surface area (Å²) in [5, 5.41) is 7.53. The number of nitrogens with zero attached hydrogens (tertiary/aromatic N) is 3. The van der Waals surface area contributed by atoms with E-state index in [2.05, 4.69) is 15.2 Å². The van der Waals surface area contributed by atoms with Gasteiger partial charge in [0.15, 0.2) is 5.82 Å². The van der Waals surface area contributed by atoms with Gasteiger partial charge in [-0.2, -0.15) is 5.10 Å². The maximum atomic E-state index is 5.70. The smallest absolute Gasteiger partial charge is 0.152 e. The third kappa shape index (κ3) is 2.59. The first-order valence-electron chi connectivity index (χ1n) is 3.71. The van der Waals surface area contributed by atoms with Crippen molar-refractivity contribution in [2.24, 2.45) is 5.73 Å². The highest BCUT2D eigenvalue weighted by Crippen LogP contribution is 1.94. The van der Waals surface area contributed by atoms with Gasteiger partial charge in [0.1, 0.15) is 0 Å². The minimum atomic E-state index is 0.152. The lowest BCUT2D eigenvalue weighted by Crippen LogP contribution is -2.22. The van der Waals surface area contributed by atoms with Crippen LogP contribution in [0.15, 0.2) is 12.4 Å². The van der Waals surface area contributed by atoms with Crippen molar-refractivity contribution >= 4 is 0 Å². The minimum absolute atomic E-state index is 0.152. The summed E-state index contributed by atoms with van der Waals surface area (Å²) in [6.45, 7) is 2.04. The second-order valence-corrected chi connectivity index (χ2v) is 2.43. The Morgan fingerprint density at radius 3 is 2.91 bits per heavy atom. The predicted octanol–water partition coefficient (Wildman–Crippen LogP) is 0.151. The van der Waals surface area contributed by atoms with Crippen molar-refractivity contribution in [3.8, 4) is 0 Å². The monoisotopic (exact) mass is 152 g/mol. The molecule has 0 fully saturated rings. The fourth-order valence-electron chi connectivity index (χ4n) is 0.747. The zero-order valence-corrected chi connectivity index (χ0v) is 6.57. The maximum absolute atomic E-state index is 5.70. The summed E-state index contributed by atoms with van der Waals surface area (Å²) in [5.41, 5.74) is 5.70.